The molecule has 7 nitrogen and oxygen atoms in total. The van der Waals surface area contributed by atoms with Crippen molar-refractivity contribution in [1.82, 2.24) is 0 Å². The average Bonchev–Trinajstić information content (AvgIpc) is 2.63. The van der Waals surface area contributed by atoms with Gasteiger partial charge in [-0.1, -0.05) is 6.07 Å². The number of rotatable bonds is 6. The fourth-order valence-corrected chi connectivity index (χ4v) is 2.31. The third-order valence-electron chi connectivity index (χ3n) is 3.77. The third kappa shape index (κ3) is 5.57. The van der Waals surface area contributed by atoms with Crippen LogP contribution in [0.2, 0.25) is 0 Å². The fraction of sp³-hybridized carbons (Fsp3) is 0.250. The topological polar surface area (TPSA) is 93.7 Å². The zero-order valence-corrected chi connectivity index (χ0v) is 15.7. The molecule has 2 rings (SSSR count). The van der Waals surface area contributed by atoms with Crippen LogP contribution in [0.4, 0.5) is 11.4 Å². The second kappa shape index (κ2) is 8.84. The molecule has 0 bridgehead atoms. The SMILES string of the molecule is COc1cc(C(=O)O[C@@H](C)C(=O)Nc2ccc(NC(C)=O)cc2)ccc1C. The maximum absolute atomic E-state index is 12.2. The third-order valence-corrected chi connectivity index (χ3v) is 3.77. The number of carbonyl (C=O) groups excluding carboxylic acids is 3. The van der Waals surface area contributed by atoms with Gasteiger partial charge >= 0.3 is 5.97 Å². The minimum Gasteiger partial charge on any atom is -0.496 e. The van der Waals surface area contributed by atoms with Crippen LogP contribution in [0.5, 0.6) is 5.75 Å². The molecular formula is C20H22N2O5. The van der Waals surface area contributed by atoms with E-state index in [0.717, 1.165) is 5.56 Å². The van der Waals surface area contributed by atoms with Gasteiger partial charge in [0, 0.05) is 18.3 Å². The number of esters is 1. The molecule has 0 heterocycles. The Balaban J connectivity index is 1.96. The monoisotopic (exact) mass is 370 g/mol. The molecule has 7 heteroatoms. The lowest BCUT2D eigenvalue weighted by Gasteiger charge is -2.14. The number of ether oxygens (including phenoxy) is 2. The molecule has 2 amide bonds. The van der Waals surface area contributed by atoms with E-state index in [1.807, 2.05) is 6.92 Å². The number of hydrogen-bond donors (Lipinski definition) is 2. The van der Waals surface area contributed by atoms with Crippen LogP contribution in [0.25, 0.3) is 0 Å². The highest BCUT2D eigenvalue weighted by atomic mass is 16.5. The van der Waals surface area contributed by atoms with E-state index in [4.69, 9.17) is 9.47 Å². The fourth-order valence-electron chi connectivity index (χ4n) is 2.31. The van der Waals surface area contributed by atoms with Crippen LogP contribution in [0.15, 0.2) is 42.5 Å². The van der Waals surface area contributed by atoms with Gasteiger partial charge in [0.2, 0.25) is 5.91 Å². The van der Waals surface area contributed by atoms with E-state index >= 15 is 0 Å². The maximum atomic E-state index is 12.2. The minimum atomic E-state index is -0.986. The summed E-state index contributed by atoms with van der Waals surface area (Å²) in [4.78, 5) is 35.5. The van der Waals surface area contributed by atoms with E-state index in [0.29, 0.717) is 22.7 Å². The van der Waals surface area contributed by atoms with E-state index in [1.165, 1.54) is 21.0 Å². The summed E-state index contributed by atoms with van der Waals surface area (Å²) in [6.45, 7) is 4.76. The Morgan fingerprint density at radius 2 is 1.56 bits per heavy atom. The van der Waals surface area contributed by atoms with Crippen LogP contribution in [0.1, 0.15) is 29.8 Å². The molecule has 0 aliphatic rings. The van der Waals surface area contributed by atoms with Gasteiger partial charge < -0.3 is 20.1 Å². The second-order valence-corrected chi connectivity index (χ2v) is 5.98. The Labute approximate surface area is 157 Å². The van der Waals surface area contributed by atoms with Crippen molar-refractivity contribution < 1.29 is 23.9 Å². The Morgan fingerprint density at radius 3 is 2.11 bits per heavy atom. The first-order valence-corrected chi connectivity index (χ1v) is 8.34. The summed E-state index contributed by atoms with van der Waals surface area (Å²) < 4.78 is 10.4. The molecule has 0 spiro atoms. The van der Waals surface area contributed by atoms with Gasteiger partial charge in [-0.15, -0.1) is 0 Å². The summed E-state index contributed by atoms with van der Waals surface area (Å²) >= 11 is 0. The molecule has 0 saturated carbocycles. The van der Waals surface area contributed by atoms with Crippen molar-refractivity contribution in [3.63, 3.8) is 0 Å². The molecule has 27 heavy (non-hydrogen) atoms. The summed E-state index contributed by atoms with van der Waals surface area (Å²) in [5.74, 6) is -0.687. The lowest BCUT2D eigenvalue weighted by atomic mass is 10.1. The zero-order valence-electron chi connectivity index (χ0n) is 15.7. The highest BCUT2D eigenvalue weighted by molar-refractivity contribution is 5.97. The molecule has 0 saturated heterocycles. The van der Waals surface area contributed by atoms with Crippen LogP contribution in [0, 0.1) is 6.92 Å². The Kier molecular flexibility index (Phi) is 6.54. The van der Waals surface area contributed by atoms with Crippen molar-refractivity contribution in [3.05, 3.63) is 53.6 Å². The van der Waals surface area contributed by atoms with E-state index < -0.39 is 18.0 Å². The molecule has 0 aliphatic heterocycles. The predicted molar refractivity (Wildman–Crippen MR) is 102 cm³/mol. The summed E-state index contributed by atoms with van der Waals surface area (Å²) in [5.41, 5.74) is 2.33. The largest absolute Gasteiger partial charge is 0.496 e. The van der Waals surface area contributed by atoms with Crippen molar-refractivity contribution in [1.29, 1.82) is 0 Å². The van der Waals surface area contributed by atoms with Crippen LogP contribution < -0.4 is 15.4 Å². The molecule has 1 atom stereocenters. The van der Waals surface area contributed by atoms with Crippen molar-refractivity contribution in [3.8, 4) is 5.75 Å². The summed E-state index contributed by atoms with van der Waals surface area (Å²) in [6, 6.07) is 11.5. The highest BCUT2D eigenvalue weighted by Crippen LogP contribution is 2.20. The Hall–Kier alpha value is -3.35. The van der Waals surface area contributed by atoms with Crippen LogP contribution >= 0.6 is 0 Å². The Morgan fingerprint density at radius 1 is 0.963 bits per heavy atom. The van der Waals surface area contributed by atoms with Gasteiger partial charge in [-0.3, -0.25) is 9.59 Å². The standard InChI is InChI=1S/C20H22N2O5/c1-12-5-6-15(11-18(12)26-4)20(25)27-13(2)19(24)22-17-9-7-16(8-10-17)21-14(3)23/h5-11,13H,1-4H3,(H,21,23)(H,22,24)/t13-/m0/s1. The van der Waals surface area contributed by atoms with Crippen molar-refractivity contribution in [2.45, 2.75) is 26.9 Å². The van der Waals surface area contributed by atoms with Gasteiger partial charge in [0.05, 0.1) is 12.7 Å². The maximum Gasteiger partial charge on any atom is 0.339 e. The number of nitrogens with one attached hydrogen (secondary N) is 2. The van der Waals surface area contributed by atoms with Gasteiger partial charge in [-0.05, 0) is 55.8 Å². The molecule has 2 N–H and O–H groups in total. The molecule has 2 aromatic carbocycles. The molecule has 2 aromatic rings. The first kappa shape index (κ1) is 20.0. The van der Waals surface area contributed by atoms with Gasteiger partial charge in [0.25, 0.3) is 5.91 Å². The van der Waals surface area contributed by atoms with E-state index in [-0.39, 0.29) is 5.91 Å². The van der Waals surface area contributed by atoms with Crippen molar-refractivity contribution in [2.24, 2.45) is 0 Å². The molecule has 142 valence electrons. The molecule has 0 unspecified atom stereocenters. The van der Waals surface area contributed by atoms with Gasteiger partial charge in [-0.2, -0.15) is 0 Å². The molecular weight excluding hydrogens is 348 g/mol. The lowest BCUT2D eigenvalue weighted by Crippen LogP contribution is -2.30. The Bertz CT molecular complexity index is 846. The smallest absolute Gasteiger partial charge is 0.339 e. The normalized spacial score (nSPS) is 11.3. The molecule has 0 aliphatic carbocycles. The second-order valence-electron chi connectivity index (χ2n) is 5.98. The van der Waals surface area contributed by atoms with E-state index in [2.05, 4.69) is 10.6 Å². The number of carbonyl (C=O) groups is 3. The van der Waals surface area contributed by atoms with Crippen LogP contribution in [-0.2, 0) is 14.3 Å². The number of benzene rings is 2. The first-order valence-electron chi connectivity index (χ1n) is 8.34. The van der Waals surface area contributed by atoms with Crippen molar-refractivity contribution in [2.75, 3.05) is 17.7 Å². The summed E-state index contributed by atoms with van der Waals surface area (Å²) in [7, 11) is 1.52. The molecule has 0 fully saturated rings. The molecule has 0 radical (unpaired) electrons. The number of methoxy groups -OCH3 is 1. The van der Waals surface area contributed by atoms with Gasteiger partial charge in [0.1, 0.15) is 5.75 Å². The number of aryl methyl sites for hydroxylation is 1. The van der Waals surface area contributed by atoms with Crippen LogP contribution in [-0.4, -0.2) is 31.0 Å². The highest BCUT2D eigenvalue weighted by Gasteiger charge is 2.19. The predicted octanol–water partition coefficient (Wildman–Crippen LogP) is 3.15. The minimum absolute atomic E-state index is 0.181. The average molecular weight is 370 g/mol. The molecule has 0 aromatic heterocycles. The number of hydrogen-bond acceptors (Lipinski definition) is 5. The van der Waals surface area contributed by atoms with Gasteiger partial charge in [-0.25, -0.2) is 4.79 Å². The zero-order chi connectivity index (χ0) is 20.0. The number of anilines is 2. The van der Waals surface area contributed by atoms with Gasteiger partial charge in [0.15, 0.2) is 6.10 Å². The van der Waals surface area contributed by atoms with Crippen LogP contribution in [0.3, 0.4) is 0 Å². The quantitative estimate of drug-likeness (QED) is 0.762. The number of amides is 2. The first-order chi connectivity index (χ1) is 12.8. The van der Waals surface area contributed by atoms with E-state index in [1.54, 1.807) is 42.5 Å². The lowest BCUT2D eigenvalue weighted by molar-refractivity contribution is -0.123. The summed E-state index contributed by atoms with van der Waals surface area (Å²) in [5, 5.41) is 5.29. The van der Waals surface area contributed by atoms with Crippen molar-refractivity contribution >= 4 is 29.2 Å². The van der Waals surface area contributed by atoms with E-state index in [9.17, 15) is 14.4 Å². The summed E-state index contributed by atoms with van der Waals surface area (Å²) in [6.07, 6.45) is -0.986.